The lowest BCUT2D eigenvalue weighted by molar-refractivity contribution is -0.141. The third kappa shape index (κ3) is 3.04. The standard InChI is InChI=1S/C15H17F3N6O/c1-8(10-6-19-7-20-10)24-13-9(12(23(2)3)22-14(24)25)4-5-11(21-13)15(16,17)18/h4-8,14,25H,1-3H3,(H,19,20). The first-order valence-electron chi connectivity index (χ1n) is 7.48. The van der Waals surface area contributed by atoms with Crippen LogP contribution >= 0.6 is 0 Å². The van der Waals surface area contributed by atoms with Crippen molar-refractivity contribution in [3.8, 4) is 0 Å². The Morgan fingerprint density at radius 1 is 1.32 bits per heavy atom. The summed E-state index contributed by atoms with van der Waals surface area (Å²) in [5, 5.41) is 10.5. The molecule has 10 heteroatoms. The molecule has 0 aliphatic carbocycles. The molecule has 0 amide bonds. The number of imidazole rings is 1. The normalized spacial score (nSPS) is 18.6. The summed E-state index contributed by atoms with van der Waals surface area (Å²) >= 11 is 0. The number of aliphatic imine (C=N–C) groups is 1. The van der Waals surface area contributed by atoms with Crippen LogP contribution in [0.2, 0.25) is 0 Å². The van der Waals surface area contributed by atoms with Gasteiger partial charge in [0.1, 0.15) is 17.3 Å². The van der Waals surface area contributed by atoms with Gasteiger partial charge in [-0.1, -0.05) is 0 Å². The maximum absolute atomic E-state index is 13.1. The fourth-order valence-corrected chi connectivity index (χ4v) is 2.71. The van der Waals surface area contributed by atoms with Crippen molar-refractivity contribution in [1.29, 1.82) is 0 Å². The van der Waals surface area contributed by atoms with Crippen molar-refractivity contribution in [2.45, 2.75) is 25.5 Å². The summed E-state index contributed by atoms with van der Waals surface area (Å²) in [6.07, 6.45) is -2.97. The van der Waals surface area contributed by atoms with Crippen molar-refractivity contribution in [3.05, 3.63) is 41.6 Å². The van der Waals surface area contributed by atoms with Gasteiger partial charge in [0, 0.05) is 14.1 Å². The Morgan fingerprint density at radius 2 is 2.04 bits per heavy atom. The Labute approximate surface area is 141 Å². The van der Waals surface area contributed by atoms with Gasteiger partial charge in [0.15, 0.2) is 0 Å². The number of fused-ring (bicyclic) bond motifs is 1. The zero-order valence-corrected chi connectivity index (χ0v) is 13.8. The number of hydrogen-bond donors (Lipinski definition) is 2. The lowest BCUT2D eigenvalue weighted by Crippen LogP contribution is -2.44. The molecule has 25 heavy (non-hydrogen) atoms. The predicted octanol–water partition coefficient (Wildman–Crippen LogP) is 1.99. The number of nitrogens with zero attached hydrogens (tertiary/aromatic N) is 5. The molecule has 0 radical (unpaired) electrons. The lowest BCUT2D eigenvalue weighted by atomic mass is 10.1. The van der Waals surface area contributed by atoms with Gasteiger partial charge in [0.25, 0.3) is 0 Å². The number of amidine groups is 1. The quantitative estimate of drug-likeness (QED) is 0.862. The monoisotopic (exact) mass is 354 g/mol. The Hall–Kier alpha value is -2.62. The van der Waals surface area contributed by atoms with Gasteiger partial charge >= 0.3 is 6.18 Å². The summed E-state index contributed by atoms with van der Waals surface area (Å²) in [5.74, 6) is 0.375. The van der Waals surface area contributed by atoms with Gasteiger partial charge in [-0.25, -0.2) is 15.0 Å². The third-order valence-corrected chi connectivity index (χ3v) is 3.95. The second-order valence-corrected chi connectivity index (χ2v) is 5.85. The van der Waals surface area contributed by atoms with E-state index < -0.39 is 24.3 Å². The maximum Gasteiger partial charge on any atom is 0.433 e. The molecule has 2 aromatic rings. The van der Waals surface area contributed by atoms with Crippen LogP contribution in [0.1, 0.15) is 29.9 Å². The van der Waals surface area contributed by atoms with E-state index in [2.05, 4.69) is 19.9 Å². The summed E-state index contributed by atoms with van der Waals surface area (Å²) in [4.78, 5) is 17.7. The molecule has 2 unspecified atom stereocenters. The molecular weight excluding hydrogens is 337 g/mol. The summed E-state index contributed by atoms with van der Waals surface area (Å²) in [6, 6.07) is 1.72. The van der Waals surface area contributed by atoms with Gasteiger partial charge in [-0.05, 0) is 19.1 Å². The topological polar surface area (TPSA) is 80.6 Å². The fourth-order valence-electron chi connectivity index (χ4n) is 2.71. The molecule has 3 rings (SSSR count). The highest BCUT2D eigenvalue weighted by molar-refractivity contribution is 6.04. The molecule has 3 heterocycles. The van der Waals surface area contributed by atoms with Crippen molar-refractivity contribution in [2.75, 3.05) is 19.0 Å². The molecule has 0 saturated carbocycles. The number of hydrogen-bond acceptors (Lipinski definition) is 6. The molecule has 0 aromatic carbocycles. The van der Waals surface area contributed by atoms with Crippen LogP contribution in [-0.4, -0.2) is 51.2 Å². The number of aromatic nitrogens is 3. The first kappa shape index (κ1) is 17.2. The van der Waals surface area contributed by atoms with Crippen LogP contribution in [0.3, 0.4) is 0 Å². The van der Waals surface area contributed by atoms with E-state index in [0.29, 0.717) is 17.1 Å². The maximum atomic E-state index is 13.1. The Morgan fingerprint density at radius 3 is 2.60 bits per heavy atom. The number of aromatic amines is 1. The minimum Gasteiger partial charge on any atom is -0.362 e. The fraction of sp³-hybridized carbons (Fsp3) is 0.400. The van der Waals surface area contributed by atoms with E-state index in [1.54, 1.807) is 25.9 Å². The zero-order valence-electron chi connectivity index (χ0n) is 13.8. The van der Waals surface area contributed by atoms with E-state index in [4.69, 9.17) is 0 Å². The average molecular weight is 354 g/mol. The largest absolute Gasteiger partial charge is 0.433 e. The van der Waals surface area contributed by atoms with Gasteiger partial charge in [0.2, 0.25) is 6.35 Å². The minimum absolute atomic E-state index is 0.0168. The Kier molecular flexibility index (Phi) is 4.15. The first-order valence-corrected chi connectivity index (χ1v) is 7.48. The molecule has 2 N–H and O–H groups in total. The molecule has 0 saturated heterocycles. The van der Waals surface area contributed by atoms with Gasteiger partial charge in [-0.2, -0.15) is 13.2 Å². The Balaban J connectivity index is 2.16. The number of nitrogens with one attached hydrogen (secondary N) is 1. The van der Waals surface area contributed by atoms with Gasteiger partial charge < -0.3 is 19.9 Å². The highest BCUT2D eigenvalue weighted by Gasteiger charge is 2.38. The lowest BCUT2D eigenvalue weighted by Gasteiger charge is -2.38. The first-order chi connectivity index (χ1) is 11.7. The number of alkyl halides is 3. The summed E-state index contributed by atoms with van der Waals surface area (Å²) < 4.78 is 39.3. The van der Waals surface area contributed by atoms with Crippen LogP contribution in [0.25, 0.3) is 0 Å². The third-order valence-electron chi connectivity index (χ3n) is 3.95. The second-order valence-electron chi connectivity index (χ2n) is 5.85. The number of H-pyrrole nitrogens is 1. The molecule has 0 fully saturated rings. The van der Waals surface area contributed by atoms with Gasteiger partial charge in [-0.3, -0.25) is 0 Å². The summed E-state index contributed by atoms with van der Waals surface area (Å²) in [5.41, 5.74) is 0.00245. The molecular formula is C15H17F3N6O. The number of rotatable bonds is 2. The van der Waals surface area contributed by atoms with Crippen molar-refractivity contribution < 1.29 is 18.3 Å². The Bertz CT molecular complexity index is 787. The molecule has 0 spiro atoms. The van der Waals surface area contributed by atoms with Crippen LogP contribution in [-0.2, 0) is 6.18 Å². The SMILES string of the molecule is CC(c1cnc[nH]1)N1c2nc(C(F)(F)F)ccc2C(N(C)C)=NC1O. The average Bonchev–Trinajstić information content (AvgIpc) is 3.06. The molecule has 7 nitrogen and oxygen atoms in total. The van der Waals surface area contributed by atoms with Crippen LogP contribution in [0, 0.1) is 0 Å². The van der Waals surface area contributed by atoms with E-state index >= 15 is 0 Å². The predicted molar refractivity (Wildman–Crippen MR) is 85.0 cm³/mol. The highest BCUT2D eigenvalue weighted by atomic mass is 19.4. The van der Waals surface area contributed by atoms with E-state index in [-0.39, 0.29) is 5.82 Å². The molecule has 1 aliphatic heterocycles. The summed E-state index contributed by atoms with van der Waals surface area (Å²) in [6.45, 7) is 1.72. The number of aliphatic hydroxyl groups is 1. The van der Waals surface area contributed by atoms with Crippen molar-refractivity contribution in [1.82, 2.24) is 19.9 Å². The van der Waals surface area contributed by atoms with Crippen LogP contribution in [0.5, 0.6) is 0 Å². The molecule has 2 aromatic heterocycles. The number of aliphatic hydroxyl groups excluding tert-OH is 1. The number of pyridine rings is 1. The second kappa shape index (κ2) is 6.03. The highest BCUT2D eigenvalue weighted by Crippen LogP contribution is 2.36. The van der Waals surface area contributed by atoms with Crippen LogP contribution in [0.15, 0.2) is 29.6 Å². The van der Waals surface area contributed by atoms with E-state index in [1.165, 1.54) is 23.5 Å². The molecule has 2 atom stereocenters. The number of anilines is 1. The molecule has 0 bridgehead atoms. The summed E-state index contributed by atoms with van der Waals surface area (Å²) in [7, 11) is 3.39. The van der Waals surface area contributed by atoms with Crippen molar-refractivity contribution in [3.63, 3.8) is 0 Å². The smallest absolute Gasteiger partial charge is 0.362 e. The zero-order chi connectivity index (χ0) is 18.4. The van der Waals surface area contributed by atoms with Crippen LogP contribution in [0.4, 0.5) is 19.0 Å². The van der Waals surface area contributed by atoms with Crippen molar-refractivity contribution >= 4 is 11.7 Å². The van der Waals surface area contributed by atoms with E-state index in [9.17, 15) is 18.3 Å². The molecule has 1 aliphatic rings. The van der Waals surface area contributed by atoms with Gasteiger partial charge in [0.05, 0.1) is 29.8 Å². The van der Waals surface area contributed by atoms with Crippen LogP contribution < -0.4 is 4.90 Å². The molecule has 134 valence electrons. The minimum atomic E-state index is -4.59. The van der Waals surface area contributed by atoms with Gasteiger partial charge in [-0.15, -0.1) is 0 Å². The van der Waals surface area contributed by atoms with Crippen molar-refractivity contribution in [2.24, 2.45) is 4.99 Å². The number of halogens is 3. The van der Waals surface area contributed by atoms with E-state index in [0.717, 1.165) is 6.07 Å². The van der Waals surface area contributed by atoms with E-state index in [1.807, 2.05) is 0 Å².